The first-order valence-electron chi connectivity index (χ1n) is 7.26. The van der Waals surface area contributed by atoms with Gasteiger partial charge < -0.3 is 0 Å². The maximum atomic E-state index is 11.3. The minimum absolute atomic E-state index is 0.324. The van der Waals surface area contributed by atoms with Gasteiger partial charge in [-0.15, -0.1) is 0 Å². The van der Waals surface area contributed by atoms with Crippen LogP contribution in [0.2, 0.25) is 0 Å². The Kier molecular flexibility index (Phi) is 6.18. The second-order valence-corrected chi connectivity index (χ2v) is 6.11. The standard InChI is InChI=1S/C15H29NO/c1-12(2)9-10-16(13(3)11-14(4)17)15-7-5-6-8-15/h12-13,15H,5-11H2,1-4H3. The Morgan fingerprint density at radius 1 is 1.24 bits per heavy atom. The first kappa shape index (κ1) is 14.7. The quantitative estimate of drug-likeness (QED) is 0.676. The normalized spacial score (nSPS) is 19.2. The summed E-state index contributed by atoms with van der Waals surface area (Å²) in [5, 5.41) is 0. The van der Waals surface area contributed by atoms with Gasteiger partial charge in [0.05, 0.1) is 0 Å². The van der Waals surface area contributed by atoms with Crippen molar-refractivity contribution in [3.05, 3.63) is 0 Å². The molecule has 2 heteroatoms. The van der Waals surface area contributed by atoms with Gasteiger partial charge in [0.15, 0.2) is 0 Å². The summed E-state index contributed by atoms with van der Waals surface area (Å²) >= 11 is 0. The average Bonchev–Trinajstić information content (AvgIpc) is 2.69. The van der Waals surface area contributed by atoms with Crippen molar-refractivity contribution in [2.24, 2.45) is 5.92 Å². The van der Waals surface area contributed by atoms with Crippen molar-refractivity contribution in [3.63, 3.8) is 0 Å². The van der Waals surface area contributed by atoms with Crippen LogP contribution in [0.3, 0.4) is 0 Å². The summed E-state index contributed by atoms with van der Waals surface area (Å²) < 4.78 is 0. The zero-order chi connectivity index (χ0) is 12.8. The van der Waals surface area contributed by atoms with E-state index in [2.05, 4.69) is 25.7 Å². The molecule has 0 aromatic heterocycles. The van der Waals surface area contributed by atoms with Gasteiger partial charge in [-0.25, -0.2) is 0 Å². The van der Waals surface area contributed by atoms with Crippen LogP contribution < -0.4 is 0 Å². The van der Waals surface area contributed by atoms with Crippen molar-refractivity contribution in [2.45, 2.75) is 78.3 Å². The topological polar surface area (TPSA) is 20.3 Å². The lowest BCUT2D eigenvalue weighted by Crippen LogP contribution is -2.42. The minimum atomic E-state index is 0.324. The van der Waals surface area contributed by atoms with E-state index in [0.717, 1.165) is 18.5 Å². The Bertz CT molecular complexity index is 231. The first-order valence-corrected chi connectivity index (χ1v) is 7.26. The van der Waals surface area contributed by atoms with Gasteiger partial charge in [0.2, 0.25) is 0 Å². The molecule has 0 heterocycles. The molecule has 1 atom stereocenters. The SMILES string of the molecule is CC(=O)CC(C)N(CCC(C)C)C1CCCC1. The summed E-state index contributed by atoms with van der Waals surface area (Å²) in [5.74, 6) is 1.08. The number of rotatable bonds is 7. The zero-order valence-electron chi connectivity index (χ0n) is 12.0. The number of nitrogens with zero attached hydrogens (tertiary/aromatic N) is 1. The number of hydrogen-bond donors (Lipinski definition) is 0. The van der Waals surface area contributed by atoms with E-state index >= 15 is 0 Å². The maximum Gasteiger partial charge on any atom is 0.131 e. The highest BCUT2D eigenvalue weighted by Crippen LogP contribution is 2.26. The van der Waals surface area contributed by atoms with Crippen molar-refractivity contribution in [2.75, 3.05) is 6.54 Å². The van der Waals surface area contributed by atoms with Crippen LogP contribution in [0.4, 0.5) is 0 Å². The summed E-state index contributed by atoms with van der Waals surface area (Å²) in [6.45, 7) is 9.66. The third-order valence-electron chi connectivity index (χ3n) is 3.91. The molecule has 2 nitrogen and oxygen atoms in total. The zero-order valence-corrected chi connectivity index (χ0v) is 12.0. The van der Waals surface area contributed by atoms with Crippen molar-refractivity contribution in [1.29, 1.82) is 0 Å². The summed E-state index contributed by atoms with van der Waals surface area (Å²) in [7, 11) is 0. The molecule has 100 valence electrons. The highest BCUT2D eigenvalue weighted by Gasteiger charge is 2.26. The molecule has 0 aromatic rings. The largest absolute Gasteiger partial charge is 0.300 e. The van der Waals surface area contributed by atoms with Gasteiger partial charge in [-0.05, 0) is 45.6 Å². The van der Waals surface area contributed by atoms with Gasteiger partial charge in [-0.1, -0.05) is 26.7 Å². The lowest BCUT2D eigenvalue weighted by Gasteiger charge is -2.34. The number of hydrogen-bond acceptors (Lipinski definition) is 2. The minimum Gasteiger partial charge on any atom is -0.300 e. The van der Waals surface area contributed by atoms with Gasteiger partial charge in [0.25, 0.3) is 0 Å². The lowest BCUT2D eigenvalue weighted by atomic mass is 10.0. The third-order valence-corrected chi connectivity index (χ3v) is 3.91. The van der Waals surface area contributed by atoms with E-state index in [0.29, 0.717) is 18.2 Å². The lowest BCUT2D eigenvalue weighted by molar-refractivity contribution is -0.118. The van der Waals surface area contributed by atoms with Crippen molar-refractivity contribution < 1.29 is 4.79 Å². The molecule has 0 aliphatic heterocycles. The van der Waals surface area contributed by atoms with Gasteiger partial charge >= 0.3 is 0 Å². The molecule has 0 amide bonds. The molecular formula is C15H29NO. The maximum absolute atomic E-state index is 11.3. The van der Waals surface area contributed by atoms with Crippen molar-refractivity contribution in [3.8, 4) is 0 Å². The fourth-order valence-electron chi connectivity index (χ4n) is 2.94. The summed E-state index contributed by atoms with van der Waals surface area (Å²) in [5.41, 5.74) is 0. The van der Waals surface area contributed by atoms with Gasteiger partial charge in [0, 0.05) is 18.5 Å². The average molecular weight is 239 g/mol. The predicted octanol–water partition coefficient (Wildman–Crippen LogP) is 3.64. The summed E-state index contributed by atoms with van der Waals surface area (Å²) in [6.07, 6.45) is 7.37. The molecule has 0 spiro atoms. The summed E-state index contributed by atoms with van der Waals surface area (Å²) in [4.78, 5) is 13.9. The highest BCUT2D eigenvalue weighted by molar-refractivity contribution is 5.76. The Balaban J connectivity index is 2.53. The smallest absolute Gasteiger partial charge is 0.131 e. The molecule has 1 unspecified atom stereocenters. The number of carbonyl (C=O) groups is 1. The molecule has 17 heavy (non-hydrogen) atoms. The van der Waals surface area contributed by atoms with Crippen LogP contribution in [-0.4, -0.2) is 29.3 Å². The van der Waals surface area contributed by atoms with Crippen LogP contribution in [-0.2, 0) is 4.79 Å². The molecule has 0 bridgehead atoms. The molecule has 0 aromatic carbocycles. The van der Waals surface area contributed by atoms with Gasteiger partial charge in [-0.3, -0.25) is 9.69 Å². The number of Topliss-reactive ketones (excluding diaryl/α,β-unsaturated/α-hetero) is 1. The predicted molar refractivity (Wildman–Crippen MR) is 73.2 cm³/mol. The summed E-state index contributed by atoms with van der Waals surface area (Å²) in [6, 6.07) is 1.16. The Morgan fingerprint density at radius 2 is 1.82 bits per heavy atom. The van der Waals surface area contributed by atoms with Crippen LogP contribution in [0.15, 0.2) is 0 Å². The van der Waals surface area contributed by atoms with Gasteiger partial charge in [0.1, 0.15) is 5.78 Å². The van der Waals surface area contributed by atoms with Crippen LogP contribution in [0, 0.1) is 5.92 Å². The van der Waals surface area contributed by atoms with Gasteiger partial charge in [-0.2, -0.15) is 0 Å². The second-order valence-electron chi connectivity index (χ2n) is 6.11. The first-order chi connectivity index (χ1) is 8.00. The van der Waals surface area contributed by atoms with Crippen LogP contribution in [0.25, 0.3) is 0 Å². The van der Waals surface area contributed by atoms with E-state index < -0.39 is 0 Å². The molecule has 1 aliphatic rings. The van der Waals surface area contributed by atoms with Crippen molar-refractivity contribution in [1.82, 2.24) is 4.90 Å². The fraction of sp³-hybridized carbons (Fsp3) is 0.933. The van der Waals surface area contributed by atoms with E-state index in [1.807, 2.05) is 0 Å². The fourth-order valence-corrected chi connectivity index (χ4v) is 2.94. The molecule has 1 rings (SSSR count). The van der Waals surface area contributed by atoms with E-state index in [1.165, 1.54) is 32.1 Å². The Hall–Kier alpha value is -0.370. The van der Waals surface area contributed by atoms with E-state index in [4.69, 9.17) is 0 Å². The van der Waals surface area contributed by atoms with Crippen LogP contribution in [0.5, 0.6) is 0 Å². The van der Waals surface area contributed by atoms with Crippen LogP contribution in [0.1, 0.15) is 66.2 Å². The molecule has 1 aliphatic carbocycles. The molecule has 0 radical (unpaired) electrons. The molecule has 0 N–H and O–H groups in total. The molecule has 1 fully saturated rings. The molecule has 0 saturated heterocycles. The van der Waals surface area contributed by atoms with E-state index in [1.54, 1.807) is 6.92 Å². The molecule has 1 saturated carbocycles. The number of ketones is 1. The highest BCUT2D eigenvalue weighted by atomic mass is 16.1. The Morgan fingerprint density at radius 3 is 2.29 bits per heavy atom. The van der Waals surface area contributed by atoms with E-state index in [-0.39, 0.29) is 0 Å². The molecular weight excluding hydrogens is 210 g/mol. The monoisotopic (exact) mass is 239 g/mol. The Labute approximate surface area is 107 Å². The third kappa shape index (κ3) is 5.20. The number of carbonyl (C=O) groups excluding carboxylic acids is 1. The van der Waals surface area contributed by atoms with E-state index in [9.17, 15) is 4.79 Å². The van der Waals surface area contributed by atoms with Crippen molar-refractivity contribution >= 4 is 5.78 Å². The second kappa shape index (κ2) is 7.15. The van der Waals surface area contributed by atoms with Crippen LogP contribution >= 0.6 is 0 Å².